The van der Waals surface area contributed by atoms with Gasteiger partial charge >= 0.3 is 0 Å². The van der Waals surface area contributed by atoms with E-state index >= 15 is 0 Å². The molecule has 0 saturated heterocycles. The monoisotopic (exact) mass is 340 g/mol. The molecule has 1 atom stereocenters. The smallest absolute Gasteiger partial charge is 0.0715 e. The van der Waals surface area contributed by atoms with Crippen molar-refractivity contribution in [2.75, 3.05) is 5.88 Å². The first kappa shape index (κ1) is 16.4. The van der Waals surface area contributed by atoms with Crippen LogP contribution in [0.2, 0.25) is 10.0 Å². The maximum atomic E-state index is 9.60. The molecule has 0 spiro atoms. The Morgan fingerprint density at radius 2 is 1.67 bits per heavy atom. The second-order valence-electron chi connectivity index (χ2n) is 4.73. The van der Waals surface area contributed by atoms with Gasteiger partial charge in [0.1, 0.15) is 0 Å². The molecule has 21 heavy (non-hydrogen) atoms. The summed E-state index contributed by atoms with van der Waals surface area (Å²) in [5.74, 6) is 0.231. The van der Waals surface area contributed by atoms with E-state index in [4.69, 9.17) is 34.8 Å². The van der Waals surface area contributed by atoms with Crippen LogP contribution in [-0.4, -0.2) is 17.1 Å². The average Bonchev–Trinajstić information content (AvgIpc) is 2.47. The normalized spacial score (nSPS) is 12.8. The van der Waals surface area contributed by atoms with Gasteiger partial charge in [-0.25, -0.2) is 0 Å². The van der Waals surface area contributed by atoms with Crippen molar-refractivity contribution < 1.29 is 5.11 Å². The van der Waals surface area contributed by atoms with E-state index in [1.807, 2.05) is 42.5 Å². The number of hydrogen-bond donors (Lipinski definition) is 1. The molecule has 2 aromatic carbocycles. The van der Waals surface area contributed by atoms with Crippen LogP contribution in [0.1, 0.15) is 16.7 Å². The predicted molar refractivity (Wildman–Crippen MR) is 92.3 cm³/mol. The van der Waals surface area contributed by atoms with E-state index in [0.29, 0.717) is 16.5 Å². The molecule has 2 rings (SSSR count). The van der Waals surface area contributed by atoms with Crippen molar-refractivity contribution in [1.29, 1.82) is 0 Å². The fourth-order valence-electron chi connectivity index (χ4n) is 2.00. The third kappa shape index (κ3) is 4.76. The van der Waals surface area contributed by atoms with Gasteiger partial charge in [-0.05, 0) is 29.7 Å². The number of aliphatic hydroxyl groups is 1. The van der Waals surface area contributed by atoms with Gasteiger partial charge < -0.3 is 5.11 Å². The number of aliphatic hydroxyl groups excluding tert-OH is 1. The molecule has 0 radical (unpaired) electrons. The van der Waals surface area contributed by atoms with Crippen LogP contribution in [0.3, 0.4) is 0 Å². The summed E-state index contributed by atoms with van der Waals surface area (Å²) in [7, 11) is 0. The standard InChI is InChI=1S/C17H15Cl3O/c18-11-14(21)10-13-4-1-3-12(9-13)7-8-15-16(19)5-2-6-17(15)20/h1-9,14,21H,10-11H2/b8-7+/t14-/m1/s1. The molecule has 2 aromatic rings. The van der Waals surface area contributed by atoms with E-state index < -0.39 is 6.10 Å². The van der Waals surface area contributed by atoms with Gasteiger partial charge in [0, 0.05) is 21.5 Å². The van der Waals surface area contributed by atoms with E-state index in [2.05, 4.69) is 0 Å². The highest BCUT2D eigenvalue weighted by Gasteiger charge is 2.04. The Morgan fingerprint density at radius 1 is 1.00 bits per heavy atom. The van der Waals surface area contributed by atoms with E-state index in [0.717, 1.165) is 16.7 Å². The van der Waals surface area contributed by atoms with Crippen LogP contribution in [0.15, 0.2) is 42.5 Å². The first-order valence-corrected chi connectivity index (χ1v) is 7.84. The molecule has 1 N–H and O–H groups in total. The lowest BCUT2D eigenvalue weighted by Crippen LogP contribution is -2.11. The minimum Gasteiger partial charge on any atom is -0.392 e. The van der Waals surface area contributed by atoms with Crippen molar-refractivity contribution in [3.63, 3.8) is 0 Å². The fourth-order valence-corrected chi connectivity index (χ4v) is 2.63. The second-order valence-corrected chi connectivity index (χ2v) is 5.85. The van der Waals surface area contributed by atoms with Crippen LogP contribution in [0.5, 0.6) is 0 Å². The highest BCUT2D eigenvalue weighted by atomic mass is 35.5. The summed E-state index contributed by atoms with van der Waals surface area (Å²) in [5, 5.41) is 10.8. The van der Waals surface area contributed by atoms with Crippen molar-refractivity contribution >= 4 is 47.0 Å². The lowest BCUT2D eigenvalue weighted by molar-refractivity contribution is 0.199. The zero-order chi connectivity index (χ0) is 15.2. The summed E-state index contributed by atoms with van der Waals surface area (Å²) in [6.07, 6.45) is 3.85. The van der Waals surface area contributed by atoms with Gasteiger partial charge in [0.05, 0.1) is 6.10 Å². The maximum absolute atomic E-state index is 9.60. The number of rotatable bonds is 5. The van der Waals surface area contributed by atoms with Crippen LogP contribution >= 0.6 is 34.8 Å². The molecule has 0 bridgehead atoms. The summed E-state index contributed by atoms with van der Waals surface area (Å²) < 4.78 is 0. The van der Waals surface area contributed by atoms with Crippen LogP contribution < -0.4 is 0 Å². The minimum atomic E-state index is -0.524. The molecule has 0 aliphatic rings. The zero-order valence-electron chi connectivity index (χ0n) is 11.3. The molecule has 1 nitrogen and oxygen atoms in total. The van der Waals surface area contributed by atoms with Gasteiger partial charge in [-0.15, -0.1) is 11.6 Å². The molecule has 4 heteroatoms. The summed E-state index contributed by atoms with van der Waals surface area (Å²) in [6.45, 7) is 0. The number of halogens is 3. The second kappa shape index (κ2) is 7.86. The predicted octanol–water partition coefficient (Wildman–Crippen LogP) is 5.31. The van der Waals surface area contributed by atoms with E-state index in [-0.39, 0.29) is 5.88 Å². The molecular weight excluding hydrogens is 327 g/mol. The van der Waals surface area contributed by atoms with E-state index in [1.54, 1.807) is 12.1 Å². The topological polar surface area (TPSA) is 20.2 Å². The summed E-state index contributed by atoms with van der Waals surface area (Å²) in [6, 6.07) is 13.3. The number of alkyl halides is 1. The molecule has 0 aliphatic heterocycles. The molecule has 0 aromatic heterocycles. The van der Waals surface area contributed by atoms with Gasteiger partial charge in [0.15, 0.2) is 0 Å². The highest BCUT2D eigenvalue weighted by Crippen LogP contribution is 2.26. The lowest BCUT2D eigenvalue weighted by Gasteiger charge is -2.07. The van der Waals surface area contributed by atoms with Gasteiger partial charge in [-0.1, -0.05) is 65.7 Å². The molecule has 0 fully saturated rings. The van der Waals surface area contributed by atoms with Crippen LogP contribution in [0.25, 0.3) is 12.2 Å². The van der Waals surface area contributed by atoms with E-state index in [9.17, 15) is 5.11 Å². The van der Waals surface area contributed by atoms with E-state index in [1.165, 1.54) is 0 Å². The Labute approximate surface area is 139 Å². The van der Waals surface area contributed by atoms with Crippen molar-refractivity contribution in [2.45, 2.75) is 12.5 Å². The summed E-state index contributed by atoms with van der Waals surface area (Å²) in [4.78, 5) is 0. The highest BCUT2D eigenvalue weighted by molar-refractivity contribution is 6.37. The Hall–Kier alpha value is -0.990. The summed E-state index contributed by atoms with van der Waals surface area (Å²) in [5.41, 5.74) is 2.85. The quantitative estimate of drug-likeness (QED) is 0.577. The van der Waals surface area contributed by atoms with Crippen molar-refractivity contribution in [2.24, 2.45) is 0 Å². The molecule has 0 amide bonds. The van der Waals surface area contributed by atoms with Gasteiger partial charge in [-0.2, -0.15) is 0 Å². The van der Waals surface area contributed by atoms with Crippen molar-refractivity contribution in [3.05, 3.63) is 69.2 Å². The molecule has 0 heterocycles. The van der Waals surface area contributed by atoms with Crippen LogP contribution in [0, 0.1) is 0 Å². The third-order valence-electron chi connectivity index (χ3n) is 3.04. The Morgan fingerprint density at radius 3 is 2.33 bits per heavy atom. The number of hydrogen-bond acceptors (Lipinski definition) is 1. The van der Waals surface area contributed by atoms with Crippen molar-refractivity contribution in [3.8, 4) is 0 Å². The fraction of sp³-hybridized carbons (Fsp3) is 0.176. The van der Waals surface area contributed by atoms with Crippen molar-refractivity contribution in [1.82, 2.24) is 0 Å². The SMILES string of the molecule is O[C@@H](CCl)Cc1cccc(/C=C/c2c(Cl)cccc2Cl)c1. The Balaban J connectivity index is 2.19. The molecule has 0 aliphatic carbocycles. The average molecular weight is 342 g/mol. The molecule has 0 unspecified atom stereocenters. The largest absolute Gasteiger partial charge is 0.392 e. The van der Waals surface area contributed by atoms with Gasteiger partial charge in [0.2, 0.25) is 0 Å². The van der Waals surface area contributed by atoms with Gasteiger partial charge in [0.25, 0.3) is 0 Å². The zero-order valence-corrected chi connectivity index (χ0v) is 13.5. The van der Waals surface area contributed by atoms with Crippen LogP contribution in [0.4, 0.5) is 0 Å². The lowest BCUT2D eigenvalue weighted by atomic mass is 10.0. The van der Waals surface area contributed by atoms with Gasteiger partial charge in [-0.3, -0.25) is 0 Å². The maximum Gasteiger partial charge on any atom is 0.0715 e. The Bertz CT molecular complexity index is 617. The first-order valence-electron chi connectivity index (χ1n) is 6.55. The summed E-state index contributed by atoms with van der Waals surface area (Å²) >= 11 is 17.9. The third-order valence-corrected chi connectivity index (χ3v) is 4.06. The Kier molecular flexibility index (Phi) is 6.13. The first-order chi connectivity index (χ1) is 10.1. The number of benzene rings is 2. The van der Waals surface area contributed by atoms with Crippen LogP contribution in [-0.2, 0) is 6.42 Å². The minimum absolute atomic E-state index is 0.231. The molecule has 0 saturated carbocycles. The molecule has 110 valence electrons. The molecular formula is C17H15Cl3O.